The van der Waals surface area contributed by atoms with Crippen LogP contribution in [-0.2, 0) is 4.79 Å². The Labute approximate surface area is 62.3 Å². The fourth-order valence-corrected chi connectivity index (χ4v) is 0.762. The molecule has 0 aliphatic rings. The number of rotatable bonds is 3. The molecule has 0 heterocycles. The van der Waals surface area contributed by atoms with Crippen LogP contribution in [0.15, 0.2) is 11.6 Å². The number of amides is 1. The standard InChI is InChI=1S/C8H15NO/c1-4-5-7(2)6-8(10)9-3/h6H,4-5H2,1-3H3,(H,9,10). The zero-order valence-corrected chi connectivity index (χ0v) is 6.90. The average molecular weight is 141 g/mol. The van der Waals surface area contributed by atoms with Crippen LogP contribution in [0.5, 0.6) is 0 Å². The van der Waals surface area contributed by atoms with Crippen LogP contribution in [0.25, 0.3) is 0 Å². The first-order valence-corrected chi connectivity index (χ1v) is 3.59. The van der Waals surface area contributed by atoms with Crippen molar-refractivity contribution in [1.29, 1.82) is 0 Å². The molecule has 2 heteroatoms. The van der Waals surface area contributed by atoms with E-state index in [9.17, 15) is 4.79 Å². The molecule has 1 N–H and O–H groups in total. The Morgan fingerprint density at radius 3 is 2.60 bits per heavy atom. The number of carbonyl (C=O) groups excluding carboxylic acids is 1. The minimum absolute atomic E-state index is 0.00838. The lowest BCUT2D eigenvalue weighted by Gasteiger charge is -1.95. The smallest absolute Gasteiger partial charge is 0.243 e. The second kappa shape index (κ2) is 5.03. The molecule has 0 radical (unpaired) electrons. The van der Waals surface area contributed by atoms with Gasteiger partial charge < -0.3 is 5.32 Å². The van der Waals surface area contributed by atoms with E-state index >= 15 is 0 Å². The minimum Gasteiger partial charge on any atom is -0.356 e. The number of nitrogens with one attached hydrogen (secondary N) is 1. The second-order valence-corrected chi connectivity index (χ2v) is 2.35. The molecule has 0 aromatic rings. The Bertz CT molecular complexity index is 138. The van der Waals surface area contributed by atoms with Crippen LogP contribution in [0.1, 0.15) is 26.7 Å². The molecule has 0 aliphatic carbocycles. The van der Waals surface area contributed by atoms with Crippen LogP contribution in [0.2, 0.25) is 0 Å². The molecule has 0 aromatic heterocycles. The molecule has 58 valence electrons. The van der Waals surface area contributed by atoms with Crippen molar-refractivity contribution < 1.29 is 4.79 Å². The molecular weight excluding hydrogens is 126 g/mol. The lowest BCUT2D eigenvalue weighted by atomic mass is 10.1. The van der Waals surface area contributed by atoms with Gasteiger partial charge in [0, 0.05) is 13.1 Å². The van der Waals surface area contributed by atoms with Gasteiger partial charge in [0.05, 0.1) is 0 Å². The van der Waals surface area contributed by atoms with Crippen molar-refractivity contribution in [3.05, 3.63) is 11.6 Å². The lowest BCUT2D eigenvalue weighted by Crippen LogP contribution is -2.14. The molecule has 10 heavy (non-hydrogen) atoms. The zero-order chi connectivity index (χ0) is 7.98. The zero-order valence-electron chi connectivity index (χ0n) is 6.90. The summed E-state index contributed by atoms with van der Waals surface area (Å²) < 4.78 is 0. The predicted molar refractivity (Wildman–Crippen MR) is 42.7 cm³/mol. The van der Waals surface area contributed by atoms with Gasteiger partial charge in [0.1, 0.15) is 0 Å². The van der Waals surface area contributed by atoms with Gasteiger partial charge in [-0.05, 0) is 13.3 Å². The Morgan fingerprint density at radius 1 is 1.60 bits per heavy atom. The van der Waals surface area contributed by atoms with Gasteiger partial charge in [0.15, 0.2) is 0 Å². The van der Waals surface area contributed by atoms with Gasteiger partial charge in [-0.15, -0.1) is 0 Å². The van der Waals surface area contributed by atoms with E-state index in [-0.39, 0.29) is 5.91 Å². The van der Waals surface area contributed by atoms with Crippen molar-refractivity contribution in [2.45, 2.75) is 26.7 Å². The largest absolute Gasteiger partial charge is 0.356 e. The van der Waals surface area contributed by atoms with Crippen LogP contribution >= 0.6 is 0 Å². The fourth-order valence-electron chi connectivity index (χ4n) is 0.762. The van der Waals surface area contributed by atoms with Gasteiger partial charge in [-0.1, -0.05) is 18.9 Å². The molecule has 0 saturated heterocycles. The Kier molecular flexibility index (Phi) is 4.63. The topological polar surface area (TPSA) is 29.1 Å². The van der Waals surface area contributed by atoms with E-state index < -0.39 is 0 Å². The van der Waals surface area contributed by atoms with E-state index in [2.05, 4.69) is 12.2 Å². The molecule has 0 saturated carbocycles. The fraction of sp³-hybridized carbons (Fsp3) is 0.625. The van der Waals surface area contributed by atoms with Crippen LogP contribution in [0.4, 0.5) is 0 Å². The third-order valence-electron chi connectivity index (χ3n) is 1.27. The van der Waals surface area contributed by atoms with E-state index in [1.807, 2.05) is 6.92 Å². The summed E-state index contributed by atoms with van der Waals surface area (Å²) in [4.78, 5) is 10.7. The number of allylic oxidation sites excluding steroid dienone is 1. The number of carbonyl (C=O) groups is 1. The molecule has 0 fully saturated rings. The molecule has 2 nitrogen and oxygen atoms in total. The summed E-state index contributed by atoms with van der Waals surface area (Å²) in [6.07, 6.45) is 3.75. The highest BCUT2D eigenvalue weighted by Gasteiger charge is 1.91. The highest BCUT2D eigenvalue weighted by molar-refractivity contribution is 5.87. The molecule has 0 aliphatic heterocycles. The summed E-state index contributed by atoms with van der Waals surface area (Å²) in [5, 5.41) is 2.54. The maximum absolute atomic E-state index is 10.7. The van der Waals surface area contributed by atoms with Crippen molar-refractivity contribution in [3.63, 3.8) is 0 Å². The molecule has 1 amide bonds. The highest BCUT2D eigenvalue weighted by Crippen LogP contribution is 2.01. The Hall–Kier alpha value is -0.790. The van der Waals surface area contributed by atoms with Gasteiger partial charge >= 0.3 is 0 Å². The van der Waals surface area contributed by atoms with Gasteiger partial charge in [0.2, 0.25) is 5.91 Å². The summed E-state index contributed by atoms with van der Waals surface area (Å²) in [5.74, 6) is -0.00838. The van der Waals surface area contributed by atoms with Gasteiger partial charge in [-0.3, -0.25) is 4.79 Å². The van der Waals surface area contributed by atoms with E-state index in [4.69, 9.17) is 0 Å². The quantitative estimate of drug-likeness (QED) is 0.592. The van der Waals surface area contributed by atoms with Crippen molar-refractivity contribution >= 4 is 5.91 Å². The number of hydrogen-bond donors (Lipinski definition) is 1. The number of likely N-dealkylation sites (N-methyl/N-ethyl adjacent to an activating group) is 1. The molecule has 0 bridgehead atoms. The van der Waals surface area contributed by atoms with E-state index in [0.717, 1.165) is 18.4 Å². The van der Waals surface area contributed by atoms with E-state index in [1.165, 1.54) is 0 Å². The van der Waals surface area contributed by atoms with E-state index in [0.29, 0.717) is 0 Å². The SMILES string of the molecule is CCCC(C)=CC(=O)NC. The molecule has 0 spiro atoms. The summed E-state index contributed by atoms with van der Waals surface area (Å²) in [5.41, 5.74) is 1.14. The molecule has 0 unspecified atom stereocenters. The van der Waals surface area contributed by atoms with E-state index in [1.54, 1.807) is 13.1 Å². The van der Waals surface area contributed by atoms with Crippen molar-refractivity contribution in [2.24, 2.45) is 0 Å². The highest BCUT2D eigenvalue weighted by atomic mass is 16.1. The first-order valence-electron chi connectivity index (χ1n) is 3.59. The summed E-state index contributed by atoms with van der Waals surface area (Å²) >= 11 is 0. The van der Waals surface area contributed by atoms with Crippen LogP contribution in [0.3, 0.4) is 0 Å². The third-order valence-corrected chi connectivity index (χ3v) is 1.27. The maximum atomic E-state index is 10.7. The van der Waals surface area contributed by atoms with Crippen LogP contribution in [0, 0.1) is 0 Å². The number of hydrogen-bond acceptors (Lipinski definition) is 1. The normalized spacial score (nSPS) is 11.3. The Balaban J connectivity index is 3.77. The van der Waals surface area contributed by atoms with Crippen molar-refractivity contribution in [1.82, 2.24) is 5.32 Å². The second-order valence-electron chi connectivity index (χ2n) is 2.35. The Morgan fingerprint density at radius 2 is 2.20 bits per heavy atom. The maximum Gasteiger partial charge on any atom is 0.243 e. The predicted octanol–water partition coefficient (Wildman–Crippen LogP) is 1.48. The first-order chi connectivity index (χ1) is 4.70. The monoisotopic (exact) mass is 141 g/mol. The van der Waals surface area contributed by atoms with Crippen LogP contribution in [-0.4, -0.2) is 13.0 Å². The van der Waals surface area contributed by atoms with Crippen molar-refractivity contribution in [3.8, 4) is 0 Å². The van der Waals surface area contributed by atoms with Crippen LogP contribution < -0.4 is 5.32 Å². The van der Waals surface area contributed by atoms with Gasteiger partial charge in [-0.2, -0.15) is 0 Å². The molecule has 0 rings (SSSR count). The lowest BCUT2D eigenvalue weighted by molar-refractivity contribution is -0.116. The molecular formula is C8H15NO. The van der Waals surface area contributed by atoms with Gasteiger partial charge in [0.25, 0.3) is 0 Å². The van der Waals surface area contributed by atoms with Crippen molar-refractivity contribution in [2.75, 3.05) is 7.05 Å². The molecule has 0 aromatic carbocycles. The first kappa shape index (κ1) is 9.21. The minimum atomic E-state index is -0.00838. The molecule has 0 atom stereocenters. The average Bonchev–Trinajstić information content (AvgIpc) is 1.88. The summed E-state index contributed by atoms with van der Waals surface area (Å²) in [6.45, 7) is 4.07. The van der Waals surface area contributed by atoms with Gasteiger partial charge in [-0.25, -0.2) is 0 Å². The summed E-state index contributed by atoms with van der Waals surface area (Å²) in [7, 11) is 1.64. The third kappa shape index (κ3) is 4.13. The summed E-state index contributed by atoms with van der Waals surface area (Å²) in [6, 6.07) is 0.